The predicted molar refractivity (Wildman–Crippen MR) is 101 cm³/mol. The molecular weight excluding hydrogens is 340 g/mol. The second-order valence-electron chi connectivity index (χ2n) is 5.83. The second kappa shape index (κ2) is 10.6. The molecule has 7 heteroatoms. The van der Waals surface area contributed by atoms with Crippen LogP contribution in [0.3, 0.4) is 0 Å². The van der Waals surface area contributed by atoms with Gasteiger partial charge in [-0.05, 0) is 37.5 Å². The van der Waals surface area contributed by atoms with Gasteiger partial charge in [-0.2, -0.15) is 17.4 Å². The van der Waals surface area contributed by atoms with Crippen molar-refractivity contribution in [3.05, 3.63) is 23.8 Å². The van der Waals surface area contributed by atoms with Crippen molar-refractivity contribution in [1.29, 1.82) is 0 Å². The monoisotopic (exact) mass is 372 g/mol. The maximum atomic E-state index is 12.4. The smallest absolute Gasteiger partial charge is 0.279 e. The van der Waals surface area contributed by atoms with Crippen molar-refractivity contribution in [1.82, 2.24) is 9.03 Å². The molecule has 0 aliphatic rings. The zero-order valence-electron chi connectivity index (χ0n) is 16.0. The Morgan fingerprint density at radius 2 is 1.56 bits per heavy atom. The quantitative estimate of drug-likeness (QED) is 0.610. The van der Waals surface area contributed by atoms with Crippen molar-refractivity contribution in [2.45, 2.75) is 53.5 Å². The average molecular weight is 373 g/mol. The number of rotatable bonds is 12. The minimum absolute atomic E-state index is 0.366. The van der Waals surface area contributed by atoms with Gasteiger partial charge in [0.25, 0.3) is 10.2 Å². The molecule has 0 heterocycles. The molecule has 0 aromatic heterocycles. The first-order valence-corrected chi connectivity index (χ1v) is 10.5. The van der Waals surface area contributed by atoms with E-state index in [1.165, 1.54) is 4.31 Å². The Labute approximate surface area is 152 Å². The third-order valence-corrected chi connectivity index (χ3v) is 5.61. The summed E-state index contributed by atoms with van der Waals surface area (Å²) in [5, 5.41) is 0. The van der Waals surface area contributed by atoms with Crippen molar-refractivity contribution in [2.24, 2.45) is 0 Å². The highest BCUT2D eigenvalue weighted by Crippen LogP contribution is 2.31. The Morgan fingerprint density at radius 3 is 2.08 bits per heavy atom. The van der Waals surface area contributed by atoms with Crippen LogP contribution in [0.5, 0.6) is 11.5 Å². The Morgan fingerprint density at radius 1 is 1.00 bits per heavy atom. The lowest BCUT2D eigenvalue weighted by atomic mass is 10.1. The third-order valence-electron chi connectivity index (χ3n) is 3.76. The maximum Gasteiger partial charge on any atom is 0.279 e. The van der Waals surface area contributed by atoms with Crippen LogP contribution in [0.4, 0.5) is 0 Å². The summed E-state index contributed by atoms with van der Waals surface area (Å²) in [6.07, 6.45) is 1.80. The van der Waals surface area contributed by atoms with E-state index in [-0.39, 0.29) is 6.04 Å². The van der Waals surface area contributed by atoms with E-state index in [9.17, 15) is 8.42 Å². The van der Waals surface area contributed by atoms with Gasteiger partial charge in [-0.3, -0.25) is 0 Å². The van der Waals surface area contributed by atoms with Gasteiger partial charge in [0.2, 0.25) is 0 Å². The van der Waals surface area contributed by atoms with Crippen LogP contribution in [0.2, 0.25) is 0 Å². The van der Waals surface area contributed by atoms with Gasteiger partial charge < -0.3 is 9.47 Å². The van der Waals surface area contributed by atoms with E-state index in [0.717, 1.165) is 18.4 Å². The summed E-state index contributed by atoms with van der Waals surface area (Å²) < 4.78 is 40.4. The average Bonchev–Trinajstić information content (AvgIpc) is 2.58. The van der Waals surface area contributed by atoms with E-state index >= 15 is 0 Å². The predicted octanol–water partition coefficient (Wildman–Crippen LogP) is 3.50. The SMILES string of the molecule is CCCOc1ccc(C(C)NS(=O)(=O)N(CC)CC)cc1OCCC. The largest absolute Gasteiger partial charge is 0.490 e. The van der Waals surface area contributed by atoms with Gasteiger partial charge in [-0.15, -0.1) is 0 Å². The van der Waals surface area contributed by atoms with Crippen molar-refractivity contribution < 1.29 is 17.9 Å². The van der Waals surface area contributed by atoms with Gasteiger partial charge in [-0.25, -0.2) is 0 Å². The molecule has 0 amide bonds. The summed E-state index contributed by atoms with van der Waals surface area (Å²) >= 11 is 0. The topological polar surface area (TPSA) is 67.9 Å². The summed E-state index contributed by atoms with van der Waals surface area (Å²) in [5.41, 5.74) is 0.839. The van der Waals surface area contributed by atoms with Crippen LogP contribution in [-0.2, 0) is 10.2 Å². The Kier molecular flexibility index (Phi) is 9.24. The highest BCUT2D eigenvalue weighted by Gasteiger charge is 2.22. The molecule has 1 rings (SSSR count). The highest BCUT2D eigenvalue weighted by molar-refractivity contribution is 7.87. The Balaban J connectivity index is 2.99. The summed E-state index contributed by atoms with van der Waals surface area (Å²) in [5.74, 6) is 1.35. The summed E-state index contributed by atoms with van der Waals surface area (Å²) in [6.45, 7) is 11.6. The van der Waals surface area contributed by atoms with E-state index < -0.39 is 10.2 Å². The zero-order valence-corrected chi connectivity index (χ0v) is 16.9. The van der Waals surface area contributed by atoms with Gasteiger partial charge in [0, 0.05) is 19.1 Å². The van der Waals surface area contributed by atoms with Gasteiger partial charge in [0.1, 0.15) is 0 Å². The van der Waals surface area contributed by atoms with Crippen LogP contribution in [0, 0.1) is 0 Å². The van der Waals surface area contributed by atoms with Crippen LogP contribution in [0.25, 0.3) is 0 Å². The molecule has 0 saturated heterocycles. The molecule has 0 aliphatic carbocycles. The zero-order chi connectivity index (χ0) is 18.9. The number of ether oxygens (including phenoxy) is 2. The van der Waals surface area contributed by atoms with E-state index in [2.05, 4.69) is 4.72 Å². The molecule has 25 heavy (non-hydrogen) atoms. The van der Waals surface area contributed by atoms with Crippen molar-refractivity contribution >= 4 is 10.2 Å². The molecule has 0 bridgehead atoms. The fourth-order valence-electron chi connectivity index (χ4n) is 2.38. The number of nitrogens with one attached hydrogen (secondary N) is 1. The molecule has 1 unspecified atom stereocenters. The molecule has 6 nitrogen and oxygen atoms in total. The lowest BCUT2D eigenvalue weighted by molar-refractivity contribution is 0.268. The summed E-state index contributed by atoms with van der Waals surface area (Å²) in [7, 11) is -3.51. The van der Waals surface area contributed by atoms with Crippen LogP contribution in [0.15, 0.2) is 18.2 Å². The molecule has 0 aliphatic heterocycles. The van der Waals surface area contributed by atoms with Crippen LogP contribution in [-0.4, -0.2) is 39.0 Å². The van der Waals surface area contributed by atoms with Crippen molar-refractivity contribution in [3.63, 3.8) is 0 Å². The maximum absolute atomic E-state index is 12.4. The Hall–Kier alpha value is -1.31. The van der Waals surface area contributed by atoms with Crippen molar-refractivity contribution in [3.8, 4) is 11.5 Å². The van der Waals surface area contributed by atoms with Crippen molar-refractivity contribution in [2.75, 3.05) is 26.3 Å². The number of hydrogen-bond acceptors (Lipinski definition) is 4. The van der Waals surface area contributed by atoms with E-state index in [0.29, 0.717) is 37.8 Å². The van der Waals surface area contributed by atoms with Gasteiger partial charge >= 0.3 is 0 Å². The van der Waals surface area contributed by atoms with E-state index in [1.54, 1.807) is 0 Å². The molecule has 0 fully saturated rings. The van der Waals surface area contributed by atoms with Crippen LogP contribution < -0.4 is 14.2 Å². The van der Waals surface area contributed by atoms with Gasteiger partial charge in [-0.1, -0.05) is 33.8 Å². The van der Waals surface area contributed by atoms with Crippen LogP contribution >= 0.6 is 0 Å². The van der Waals surface area contributed by atoms with E-state index in [4.69, 9.17) is 9.47 Å². The fourth-order valence-corrected chi connectivity index (χ4v) is 3.79. The highest BCUT2D eigenvalue weighted by atomic mass is 32.2. The minimum Gasteiger partial charge on any atom is -0.490 e. The number of benzene rings is 1. The lowest BCUT2D eigenvalue weighted by Gasteiger charge is -2.23. The first-order valence-electron chi connectivity index (χ1n) is 9.06. The first-order chi connectivity index (χ1) is 11.9. The molecule has 1 atom stereocenters. The third kappa shape index (κ3) is 6.49. The van der Waals surface area contributed by atoms with Crippen LogP contribution in [0.1, 0.15) is 59.1 Å². The summed E-state index contributed by atoms with van der Waals surface area (Å²) in [6, 6.07) is 5.21. The van der Waals surface area contributed by atoms with Gasteiger partial charge in [0.15, 0.2) is 11.5 Å². The summed E-state index contributed by atoms with van der Waals surface area (Å²) in [4.78, 5) is 0. The lowest BCUT2D eigenvalue weighted by Crippen LogP contribution is -2.41. The fraction of sp³-hybridized carbons (Fsp3) is 0.667. The van der Waals surface area contributed by atoms with E-state index in [1.807, 2.05) is 52.8 Å². The normalized spacial score (nSPS) is 13.0. The molecular formula is C18H32N2O4S. The second-order valence-corrected chi connectivity index (χ2v) is 7.53. The molecule has 0 saturated carbocycles. The van der Waals surface area contributed by atoms with Gasteiger partial charge in [0.05, 0.1) is 13.2 Å². The minimum atomic E-state index is -3.51. The molecule has 0 spiro atoms. The Bertz CT molecular complexity index is 616. The first kappa shape index (κ1) is 21.7. The molecule has 0 radical (unpaired) electrons. The number of nitrogens with zero attached hydrogens (tertiary/aromatic N) is 1. The number of hydrogen-bond donors (Lipinski definition) is 1. The molecule has 144 valence electrons. The standard InChI is InChI=1S/C18H32N2O4S/c1-6-12-23-17-11-10-16(14-18(17)24-13-7-2)15(5)19-25(21,22)20(8-3)9-4/h10-11,14-15,19H,6-9,12-13H2,1-5H3. The molecule has 1 N–H and O–H groups in total. The molecule has 1 aromatic rings. The molecule has 1 aromatic carbocycles.